The fraction of sp³-hybridized carbons (Fsp3) is 0.176. The summed E-state index contributed by atoms with van der Waals surface area (Å²) in [7, 11) is -3.65. The van der Waals surface area contributed by atoms with Gasteiger partial charge >= 0.3 is 0 Å². The molecule has 1 aromatic heterocycles. The number of rotatable bonds is 5. The fourth-order valence-electron chi connectivity index (χ4n) is 2.59. The highest BCUT2D eigenvalue weighted by molar-refractivity contribution is 7.89. The second-order valence-corrected chi connectivity index (χ2v) is 7.10. The zero-order valence-electron chi connectivity index (χ0n) is 13.1. The number of hydrogen-bond acceptors (Lipinski definition) is 4. The van der Waals surface area contributed by atoms with Crippen molar-refractivity contribution in [2.75, 3.05) is 6.54 Å². The van der Waals surface area contributed by atoms with E-state index in [0.717, 1.165) is 16.9 Å². The van der Waals surface area contributed by atoms with Crippen molar-refractivity contribution < 1.29 is 8.42 Å². The van der Waals surface area contributed by atoms with Crippen molar-refractivity contribution in [1.82, 2.24) is 14.3 Å². The lowest BCUT2D eigenvalue weighted by Gasteiger charge is -2.09. The Hall–Kier alpha value is -2.69. The quantitative estimate of drug-likeness (QED) is 0.771. The van der Waals surface area contributed by atoms with E-state index in [2.05, 4.69) is 9.71 Å². The van der Waals surface area contributed by atoms with Crippen LogP contribution in [0.1, 0.15) is 11.4 Å². The van der Waals surface area contributed by atoms with E-state index in [1.165, 1.54) is 12.1 Å². The molecule has 3 rings (SSSR count). The van der Waals surface area contributed by atoms with E-state index in [0.29, 0.717) is 12.1 Å². The van der Waals surface area contributed by atoms with E-state index < -0.39 is 10.0 Å². The molecular weight excluding hydrogens is 324 g/mol. The largest absolute Gasteiger partial charge is 0.327 e. The van der Waals surface area contributed by atoms with Gasteiger partial charge < -0.3 is 4.57 Å². The number of benzene rings is 2. The molecule has 2 aromatic carbocycles. The molecule has 7 heteroatoms. The van der Waals surface area contributed by atoms with Crippen LogP contribution in [0.15, 0.2) is 53.4 Å². The number of fused-ring (bicyclic) bond motifs is 1. The summed E-state index contributed by atoms with van der Waals surface area (Å²) in [5.74, 6) is 0.835. The van der Waals surface area contributed by atoms with Gasteiger partial charge in [-0.3, -0.25) is 0 Å². The number of aromatic nitrogens is 2. The maximum absolute atomic E-state index is 12.3. The minimum atomic E-state index is -3.65. The number of hydrogen-bond donors (Lipinski definition) is 1. The predicted octanol–water partition coefficient (Wildman–Crippen LogP) is 2.19. The molecule has 0 atom stereocenters. The molecule has 1 heterocycles. The van der Waals surface area contributed by atoms with E-state index >= 15 is 0 Å². The molecule has 6 nitrogen and oxygen atoms in total. The number of sulfonamides is 1. The molecule has 0 aliphatic carbocycles. The van der Waals surface area contributed by atoms with Gasteiger partial charge in [0.15, 0.2) is 0 Å². The van der Waals surface area contributed by atoms with E-state index in [9.17, 15) is 8.42 Å². The Balaban J connectivity index is 1.75. The first-order valence-electron chi connectivity index (χ1n) is 7.43. The molecule has 0 fully saturated rings. The standard InChI is InChI=1S/C17H16N4O2S/c1-13-20-16-7-2-3-8-17(16)21(13)10-9-19-24(22,23)15-6-4-5-14(11-15)12-18/h2-8,11,19H,9-10H2,1H3. The fourth-order valence-corrected chi connectivity index (χ4v) is 3.65. The van der Waals surface area contributed by atoms with Gasteiger partial charge in [0.1, 0.15) is 5.82 Å². The SMILES string of the molecule is Cc1nc2ccccc2n1CCNS(=O)(=O)c1cccc(C#N)c1. The molecule has 0 spiro atoms. The monoisotopic (exact) mass is 340 g/mol. The normalized spacial score (nSPS) is 11.5. The molecule has 3 aromatic rings. The third-order valence-electron chi connectivity index (χ3n) is 3.75. The first kappa shape index (κ1) is 16.2. The van der Waals surface area contributed by atoms with Crippen LogP contribution in [0, 0.1) is 18.3 Å². The highest BCUT2D eigenvalue weighted by atomic mass is 32.2. The first-order valence-corrected chi connectivity index (χ1v) is 8.91. The van der Waals surface area contributed by atoms with Crippen molar-refractivity contribution in [2.24, 2.45) is 0 Å². The van der Waals surface area contributed by atoms with E-state index in [-0.39, 0.29) is 11.4 Å². The minimum Gasteiger partial charge on any atom is -0.327 e. The summed E-state index contributed by atoms with van der Waals surface area (Å²) < 4.78 is 29.2. The smallest absolute Gasteiger partial charge is 0.240 e. The maximum atomic E-state index is 12.3. The highest BCUT2D eigenvalue weighted by Crippen LogP contribution is 2.15. The number of imidazole rings is 1. The summed E-state index contributed by atoms with van der Waals surface area (Å²) in [6, 6.07) is 15.6. The molecule has 0 unspecified atom stereocenters. The Labute approximate surface area is 140 Å². The molecule has 0 saturated carbocycles. The molecule has 24 heavy (non-hydrogen) atoms. The Kier molecular flexibility index (Phi) is 4.34. The third-order valence-corrected chi connectivity index (χ3v) is 5.21. The highest BCUT2D eigenvalue weighted by Gasteiger charge is 2.14. The predicted molar refractivity (Wildman–Crippen MR) is 90.8 cm³/mol. The van der Waals surface area contributed by atoms with Crippen LogP contribution in [0.4, 0.5) is 0 Å². The van der Waals surface area contributed by atoms with Crippen LogP contribution in [-0.4, -0.2) is 24.5 Å². The van der Waals surface area contributed by atoms with Gasteiger partial charge in [0.2, 0.25) is 10.0 Å². The second kappa shape index (κ2) is 6.43. The molecule has 0 aliphatic heterocycles. The van der Waals surface area contributed by atoms with Gasteiger partial charge in [0.05, 0.1) is 27.6 Å². The van der Waals surface area contributed by atoms with Gasteiger partial charge in [0.25, 0.3) is 0 Å². The minimum absolute atomic E-state index is 0.0914. The molecule has 1 N–H and O–H groups in total. The Morgan fingerprint density at radius 2 is 2.00 bits per heavy atom. The van der Waals surface area contributed by atoms with Crippen LogP contribution in [0.5, 0.6) is 0 Å². The lowest BCUT2D eigenvalue weighted by atomic mass is 10.2. The van der Waals surface area contributed by atoms with Gasteiger partial charge in [0, 0.05) is 13.1 Å². The van der Waals surface area contributed by atoms with Crippen LogP contribution in [0.25, 0.3) is 11.0 Å². The van der Waals surface area contributed by atoms with Crippen molar-refractivity contribution in [2.45, 2.75) is 18.4 Å². The van der Waals surface area contributed by atoms with Gasteiger partial charge in [-0.25, -0.2) is 18.1 Å². The number of para-hydroxylation sites is 2. The van der Waals surface area contributed by atoms with Gasteiger partial charge in [-0.1, -0.05) is 18.2 Å². The summed E-state index contributed by atoms with van der Waals surface area (Å²) in [6.45, 7) is 2.61. The summed E-state index contributed by atoms with van der Waals surface area (Å²) >= 11 is 0. The van der Waals surface area contributed by atoms with Crippen LogP contribution in [-0.2, 0) is 16.6 Å². The Morgan fingerprint density at radius 1 is 1.21 bits per heavy atom. The van der Waals surface area contributed by atoms with Crippen molar-refractivity contribution >= 4 is 21.1 Å². The van der Waals surface area contributed by atoms with Crippen molar-refractivity contribution in [3.8, 4) is 6.07 Å². The van der Waals surface area contributed by atoms with E-state index in [1.54, 1.807) is 12.1 Å². The maximum Gasteiger partial charge on any atom is 0.240 e. The summed E-state index contributed by atoms with van der Waals surface area (Å²) in [5, 5.41) is 8.88. The van der Waals surface area contributed by atoms with Crippen LogP contribution >= 0.6 is 0 Å². The average Bonchev–Trinajstić information content (AvgIpc) is 2.90. The van der Waals surface area contributed by atoms with Crippen LogP contribution in [0.3, 0.4) is 0 Å². The summed E-state index contributed by atoms with van der Waals surface area (Å²) in [6.07, 6.45) is 0. The average molecular weight is 340 g/mol. The molecule has 0 amide bonds. The lowest BCUT2D eigenvalue weighted by molar-refractivity contribution is 0.572. The third kappa shape index (κ3) is 3.15. The van der Waals surface area contributed by atoms with E-state index in [4.69, 9.17) is 5.26 Å². The summed E-state index contributed by atoms with van der Waals surface area (Å²) in [4.78, 5) is 4.55. The molecular formula is C17H16N4O2S. The van der Waals surface area contributed by atoms with Crippen LogP contribution < -0.4 is 4.72 Å². The molecule has 0 radical (unpaired) electrons. The van der Waals surface area contributed by atoms with Crippen molar-refractivity contribution in [1.29, 1.82) is 5.26 Å². The number of aryl methyl sites for hydroxylation is 1. The molecule has 0 aliphatic rings. The van der Waals surface area contributed by atoms with Gasteiger partial charge in [-0.2, -0.15) is 5.26 Å². The number of nitrogens with zero attached hydrogens (tertiary/aromatic N) is 3. The first-order chi connectivity index (χ1) is 11.5. The lowest BCUT2D eigenvalue weighted by Crippen LogP contribution is -2.27. The van der Waals surface area contributed by atoms with E-state index in [1.807, 2.05) is 41.8 Å². The van der Waals surface area contributed by atoms with Crippen molar-refractivity contribution in [3.63, 3.8) is 0 Å². The molecule has 0 bridgehead atoms. The van der Waals surface area contributed by atoms with Crippen LogP contribution in [0.2, 0.25) is 0 Å². The number of nitriles is 1. The van der Waals surface area contributed by atoms with Crippen molar-refractivity contribution in [3.05, 3.63) is 59.9 Å². The molecule has 0 saturated heterocycles. The van der Waals surface area contributed by atoms with Gasteiger partial charge in [-0.15, -0.1) is 0 Å². The number of nitrogens with one attached hydrogen (secondary N) is 1. The Bertz CT molecular complexity index is 1030. The summed E-state index contributed by atoms with van der Waals surface area (Å²) in [5.41, 5.74) is 2.18. The molecule has 122 valence electrons. The zero-order valence-corrected chi connectivity index (χ0v) is 13.9. The Morgan fingerprint density at radius 3 is 2.79 bits per heavy atom. The topological polar surface area (TPSA) is 87.8 Å². The zero-order chi connectivity index (χ0) is 17.2. The second-order valence-electron chi connectivity index (χ2n) is 5.34. The van der Waals surface area contributed by atoms with Gasteiger partial charge in [-0.05, 0) is 37.3 Å².